The van der Waals surface area contributed by atoms with Crippen LogP contribution in [0, 0.1) is 0 Å². The predicted molar refractivity (Wildman–Crippen MR) is 134 cm³/mol. The van der Waals surface area contributed by atoms with Crippen molar-refractivity contribution in [3.05, 3.63) is 90.0 Å². The number of benzene rings is 2. The Labute approximate surface area is 205 Å². The molecule has 0 saturated carbocycles. The number of hydrogen-bond donors (Lipinski definition) is 0. The Bertz CT molecular complexity index is 1170. The van der Waals surface area contributed by atoms with E-state index in [0.717, 1.165) is 34.8 Å². The molecular formula is C29H30O6. The standard InChI is InChI=1S/C29H30O6/c1-6-26(30)33-17-7-8-20-9-11-21(12-10-20)22-13-15-24(34-28(31)18(2)3)27-23(22)14-16-25(27)35-29(32)19(4)5/h6,9-13,15,25H,1-2,4,7-8,14,16-17H2,3,5H3. The molecule has 0 bridgehead atoms. The third-order valence-electron chi connectivity index (χ3n) is 5.73. The molecule has 1 aliphatic rings. The first-order valence-electron chi connectivity index (χ1n) is 11.5. The number of aryl methyl sites for hydroxylation is 1. The summed E-state index contributed by atoms with van der Waals surface area (Å²) in [6, 6.07) is 11.8. The summed E-state index contributed by atoms with van der Waals surface area (Å²) in [4.78, 5) is 35.6. The SMILES string of the molecule is C=CC(=O)OCCCc1ccc(-c2ccc(OC(=O)C(=C)C)c3c2CCC3OC(=O)C(=C)C)cc1. The fourth-order valence-electron chi connectivity index (χ4n) is 3.94. The topological polar surface area (TPSA) is 78.9 Å². The van der Waals surface area contributed by atoms with Crippen molar-refractivity contribution in [1.29, 1.82) is 0 Å². The number of esters is 3. The van der Waals surface area contributed by atoms with E-state index in [-0.39, 0.29) is 5.57 Å². The van der Waals surface area contributed by atoms with Crippen LogP contribution in [0.25, 0.3) is 11.1 Å². The van der Waals surface area contributed by atoms with E-state index in [2.05, 4.69) is 19.7 Å². The fraction of sp³-hybridized carbons (Fsp3) is 0.276. The number of carbonyl (C=O) groups is 3. The third kappa shape index (κ3) is 6.35. The highest BCUT2D eigenvalue weighted by Gasteiger charge is 2.32. The summed E-state index contributed by atoms with van der Waals surface area (Å²) in [7, 11) is 0. The summed E-state index contributed by atoms with van der Waals surface area (Å²) in [5, 5.41) is 0. The van der Waals surface area contributed by atoms with Crippen molar-refractivity contribution in [2.24, 2.45) is 0 Å². The normalized spacial score (nSPS) is 13.9. The minimum Gasteiger partial charge on any atom is -0.463 e. The summed E-state index contributed by atoms with van der Waals surface area (Å²) >= 11 is 0. The number of hydrogen-bond acceptors (Lipinski definition) is 6. The first-order chi connectivity index (χ1) is 16.7. The molecule has 6 nitrogen and oxygen atoms in total. The minimum atomic E-state index is -0.528. The van der Waals surface area contributed by atoms with E-state index in [1.807, 2.05) is 30.3 Å². The van der Waals surface area contributed by atoms with Crippen molar-refractivity contribution >= 4 is 17.9 Å². The van der Waals surface area contributed by atoms with Crippen LogP contribution in [0.1, 0.15) is 49.5 Å². The van der Waals surface area contributed by atoms with Gasteiger partial charge in [0.1, 0.15) is 11.9 Å². The maximum Gasteiger partial charge on any atom is 0.338 e. The molecule has 2 aromatic carbocycles. The molecule has 0 aromatic heterocycles. The highest BCUT2D eigenvalue weighted by Crippen LogP contribution is 2.45. The van der Waals surface area contributed by atoms with Crippen LogP contribution in [0.4, 0.5) is 0 Å². The molecule has 0 amide bonds. The Morgan fingerprint density at radius 3 is 2.31 bits per heavy atom. The number of fused-ring (bicyclic) bond motifs is 1. The predicted octanol–water partition coefficient (Wildman–Crippen LogP) is 5.60. The van der Waals surface area contributed by atoms with E-state index >= 15 is 0 Å². The van der Waals surface area contributed by atoms with Crippen molar-refractivity contribution in [3.8, 4) is 16.9 Å². The zero-order chi connectivity index (χ0) is 25.5. The van der Waals surface area contributed by atoms with Gasteiger partial charge >= 0.3 is 17.9 Å². The molecule has 0 heterocycles. The lowest BCUT2D eigenvalue weighted by Crippen LogP contribution is -2.14. The van der Waals surface area contributed by atoms with Gasteiger partial charge in [0, 0.05) is 22.8 Å². The van der Waals surface area contributed by atoms with E-state index in [0.29, 0.717) is 42.8 Å². The van der Waals surface area contributed by atoms with Crippen LogP contribution in [-0.2, 0) is 36.7 Å². The molecule has 0 N–H and O–H groups in total. The molecule has 1 unspecified atom stereocenters. The van der Waals surface area contributed by atoms with Gasteiger partial charge in [-0.1, -0.05) is 50.1 Å². The van der Waals surface area contributed by atoms with Crippen LogP contribution >= 0.6 is 0 Å². The second kappa shape index (κ2) is 11.5. The van der Waals surface area contributed by atoms with Gasteiger partial charge in [-0.3, -0.25) is 0 Å². The van der Waals surface area contributed by atoms with Crippen molar-refractivity contribution in [2.75, 3.05) is 6.61 Å². The maximum absolute atomic E-state index is 12.2. The molecule has 0 radical (unpaired) electrons. The summed E-state index contributed by atoms with van der Waals surface area (Å²) in [6.45, 7) is 14.2. The average Bonchev–Trinajstić information content (AvgIpc) is 3.26. The molecule has 0 fully saturated rings. The Hall–Kier alpha value is -3.93. The Morgan fingerprint density at radius 1 is 1.00 bits per heavy atom. The molecule has 182 valence electrons. The molecule has 2 aromatic rings. The smallest absolute Gasteiger partial charge is 0.338 e. The van der Waals surface area contributed by atoms with Gasteiger partial charge in [-0.15, -0.1) is 0 Å². The molecule has 0 spiro atoms. The van der Waals surface area contributed by atoms with Crippen LogP contribution in [0.5, 0.6) is 5.75 Å². The first kappa shape index (κ1) is 25.7. The van der Waals surface area contributed by atoms with Gasteiger partial charge in [0.05, 0.1) is 6.61 Å². The van der Waals surface area contributed by atoms with Gasteiger partial charge in [0.2, 0.25) is 0 Å². The first-order valence-corrected chi connectivity index (χ1v) is 11.5. The van der Waals surface area contributed by atoms with Gasteiger partial charge in [-0.25, -0.2) is 14.4 Å². The average molecular weight is 475 g/mol. The molecule has 1 aliphatic carbocycles. The van der Waals surface area contributed by atoms with E-state index in [9.17, 15) is 14.4 Å². The largest absolute Gasteiger partial charge is 0.463 e. The van der Waals surface area contributed by atoms with Gasteiger partial charge in [0.15, 0.2) is 0 Å². The van der Waals surface area contributed by atoms with Gasteiger partial charge in [0.25, 0.3) is 0 Å². The lowest BCUT2D eigenvalue weighted by Gasteiger charge is -2.18. The van der Waals surface area contributed by atoms with Gasteiger partial charge < -0.3 is 14.2 Å². The fourth-order valence-corrected chi connectivity index (χ4v) is 3.94. The van der Waals surface area contributed by atoms with E-state index < -0.39 is 24.0 Å². The van der Waals surface area contributed by atoms with Gasteiger partial charge in [-0.05, 0) is 67.9 Å². The van der Waals surface area contributed by atoms with Gasteiger partial charge in [-0.2, -0.15) is 0 Å². The molecule has 0 saturated heterocycles. The lowest BCUT2D eigenvalue weighted by atomic mass is 9.94. The maximum atomic E-state index is 12.2. The second-order valence-corrected chi connectivity index (χ2v) is 8.56. The summed E-state index contributed by atoms with van der Waals surface area (Å²) in [5.74, 6) is -1.05. The Balaban J connectivity index is 1.86. The summed E-state index contributed by atoms with van der Waals surface area (Å²) in [6.07, 6.45) is 3.38. The zero-order valence-corrected chi connectivity index (χ0v) is 20.2. The Morgan fingerprint density at radius 2 is 1.69 bits per heavy atom. The monoisotopic (exact) mass is 474 g/mol. The van der Waals surface area contributed by atoms with E-state index in [1.54, 1.807) is 19.9 Å². The molecule has 3 rings (SSSR count). The van der Waals surface area contributed by atoms with Crippen molar-refractivity contribution < 1.29 is 28.6 Å². The van der Waals surface area contributed by atoms with Crippen LogP contribution in [-0.4, -0.2) is 24.5 Å². The zero-order valence-electron chi connectivity index (χ0n) is 20.2. The number of rotatable bonds is 10. The lowest BCUT2D eigenvalue weighted by molar-refractivity contribution is -0.144. The van der Waals surface area contributed by atoms with Crippen LogP contribution in [0.15, 0.2) is 73.4 Å². The molecule has 0 aliphatic heterocycles. The van der Waals surface area contributed by atoms with Crippen LogP contribution in [0.2, 0.25) is 0 Å². The van der Waals surface area contributed by atoms with Crippen LogP contribution < -0.4 is 4.74 Å². The number of carbonyl (C=O) groups excluding carboxylic acids is 3. The third-order valence-corrected chi connectivity index (χ3v) is 5.73. The molecular weight excluding hydrogens is 444 g/mol. The van der Waals surface area contributed by atoms with E-state index in [4.69, 9.17) is 14.2 Å². The molecule has 35 heavy (non-hydrogen) atoms. The van der Waals surface area contributed by atoms with Crippen molar-refractivity contribution in [1.82, 2.24) is 0 Å². The van der Waals surface area contributed by atoms with Crippen molar-refractivity contribution in [2.45, 2.75) is 45.6 Å². The van der Waals surface area contributed by atoms with E-state index in [1.165, 1.54) is 0 Å². The quantitative estimate of drug-likeness (QED) is 0.193. The summed E-state index contributed by atoms with van der Waals surface area (Å²) in [5.41, 5.74) is 5.42. The highest BCUT2D eigenvalue weighted by molar-refractivity contribution is 5.90. The van der Waals surface area contributed by atoms with Crippen molar-refractivity contribution in [3.63, 3.8) is 0 Å². The van der Waals surface area contributed by atoms with Crippen LogP contribution in [0.3, 0.4) is 0 Å². The molecule has 1 atom stereocenters. The second-order valence-electron chi connectivity index (χ2n) is 8.56. The number of ether oxygens (including phenoxy) is 3. The highest BCUT2D eigenvalue weighted by atomic mass is 16.6. The minimum absolute atomic E-state index is 0.283. The Kier molecular flexibility index (Phi) is 8.42. The summed E-state index contributed by atoms with van der Waals surface area (Å²) < 4.78 is 16.3. The molecule has 6 heteroatoms.